The van der Waals surface area contributed by atoms with Crippen LogP contribution in [0.4, 0.5) is 0 Å². The Morgan fingerprint density at radius 3 is 3.06 bits per heavy atom. The quantitative estimate of drug-likeness (QED) is 0.869. The van der Waals surface area contributed by atoms with Gasteiger partial charge in [-0.2, -0.15) is 0 Å². The third-order valence-corrected chi connectivity index (χ3v) is 4.75. The van der Waals surface area contributed by atoms with Gasteiger partial charge < -0.3 is 10.1 Å². The number of hydrogen-bond acceptors (Lipinski definition) is 3. The Labute approximate surface area is 107 Å². The second-order valence-corrected chi connectivity index (χ2v) is 6.60. The van der Waals surface area contributed by atoms with Gasteiger partial charge in [-0.15, -0.1) is 11.3 Å². The first-order valence-corrected chi connectivity index (χ1v) is 7.58. The van der Waals surface area contributed by atoms with E-state index >= 15 is 0 Å². The molecule has 2 fully saturated rings. The lowest BCUT2D eigenvalue weighted by atomic mass is 9.79. The fraction of sp³-hybridized carbons (Fsp3) is 0.714. The summed E-state index contributed by atoms with van der Waals surface area (Å²) in [5.41, 5.74) is 0.353. The van der Waals surface area contributed by atoms with E-state index in [2.05, 4.69) is 22.8 Å². The summed E-state index contributed by atoms with van der Waals surface area (Å²) in [7, 11) is 0. The minimum Gasteiger partial charge on any atom is -0.381 e. The molecule has 2 nitrogen and oxygen atoms in total. The third kappa shape index (κ3) is 3.09. The van der Waals surface area contributed by atoms with Crippen molar-refractivity contribution in [3.05, 3.63) is 22.4 Å². The highest BCUT2D eigenvalue weighted by molar-refractivity contribution is 7.09. The highest BCUT2D eigenvalue weighted by atomic mass is 32.1. The summed E-state index contributed by atoms with van der Waals surface area (Å²) in [5.74, 6) is 0. The predicted molar refractivity (Wildman–Crippen MR) is 71.5 cm³/mol. The minimum absolute atomic E-state index is 0.353. The molecular formula is C14H21NOS. The summed E-state index contributed by atoms with van der Waals surface area (Å²) in [4.78, 5) is 1.51. The summed E-state index contributed by atoms with van der Waals surface area (Å²) >= 11 is 1.88. The van der Waals surface area contributed by atoms with Crippen LogP contribution in [-0.4, -0.2) is 25.8 Å². The fourth-order valence-corrected chi connectivity index (χ4v) is 3.56. The van der Waals surface area contributed by atoms with Crippen molar-refractivity contribution in [2.75, 3.05) is 19.8 Å². The maximum atomic E-state index is 5.75. The van der Waals surface area contributed by atoms with Crippen molar-refractivity contribution in [3.63, 3.8) is 0 Å². The van der Waals surface area contributed by atoms with Crippen molar-refractivity contribution >= 4 is 11.3 Å². The molecule has 3 rings (SSSR count). The van der Waals surface area contributed by atoms with E-state index in [1.807, 2.05) is 11.3 Å². The zero-order valence-corrected chi connectivity index (χ0v) is 11.1. The second-order valence-electron chi connectivity index (χ2n) is 5.57. The van der Waals surface area contributed by atoms with E-state index in [0.717, 1.165) is 25.8 Å². The molecule has 2 aliphatic rings. The molecule has 1 unspecified atom stereocenters. The monoisotopic (exact) mass is 251 g/mol. The van der Waals surface area contributed by atoms with E-state index in [9.17, 15) is 0 Å². The van der Waals surface area contributed by atoms with Crippen LogP contribution in [0.2, 0.25) is 0 Å². The van der Waals surface area contributed by atoms with E-state index in [0.29, 0.717) is 5.41 Å². The average Bonchev–Trinajstić information content (AvgIpc) is 3.06. The molecule has 1 aliphatic carbocycles. The summed E-state index contributed by atoms with van der Waals surface area (Å²) < 4.78 is 5.75. The lowest BCUT2D eigenvalue weighted by Gasteiger charge is -2.37. The largest absolute Gasteiger partial charge is 0.381 e. The number of ether oxygens (including phenoxy) is 1. The van der Waals surface area contributed by atoms with Gasteiger partial charge in [0.05, 0.1) is 6.61 Å². The molecule has 1 N–H and O–H groups in total. The van der Waals surface area contributed by atoms with Crippen molar-refractivity contribution in [1.82, 2.24) is 5.32 Å². The lowest BCUT2D eigenvalue weighted by molar-refractivity contribution is -0.00693. The van der Waals surface area contributed by atoms with Gasteiger partial charge >= 0.3 is 0 Å². The molecule has 1 aromatic rings. The number of hydrogen-bond donors (Lipinski definition) is 1. The Morgan fingerprint density at radius 2 is 2.41 bits per heavy atom. The second kappa shape index (κ2) is 5.09. The molecular weight excluding hydrogens is 230 g/mol. The van der Waals surface area contributed by atoms with Gasteiger partial charge in [0.1, 0.15) is 0 Å². The summed E-state index contributed by atoms with van der Waals surface area (Å²) in [6.07, 6.45) is 6.46. The molecule has 3 heteroatoms. The van der Waals surface area contributed by atoms with E-state index < -0.39 is 0 Å². The Kier molecular flexibility index (Phi) is 3.50. The van der Waals surface area contributed by atoms with E-state index in [-0.39, 0.29) is 0 Å². The maximum absolute atomic E-state index is 5.75. The summed E-state index contributed by atoms with van der Waals surface area (Å²) in [6.45, 7) is 3.02. The van der Waals surface area contributed by atoms with E-state index in [1.165, 1.54) is 37.0 Å². The molecule has 0 aromatic carbocycles. The first-order chi connectivity index (χ1) is 8.36. The standard InChI is InChI=1S/C14H21NOS/c1-3-13(17-8-1)9-14(6-2-7-16-11-14)10-15-12-4-5-12/h1,3,8,12,15H,2,4-7,9-11H2. The number of thiophene rings is 1. The van der Waals surface area contributed by atoms with Crippen LogP contribution in [0.5, 0.6) is 0 Å². The molecule has 1 saturated heterocycles. The van der Waals surface area contributed by atoms with Crippen LogP contribution in [0.1, 0.15) is 30.6 Å². The normalized spacial score (nSPS) is 29.4. The molecule has 1 aliphatic heterocycles. The topological polar surface area (TPSA) is 21.3 Å². The highest BCUT2D eigenvalue weighted by Crippen LogP contribution is 2.34. The van der Waals surface area contributed by atoms with Crippen LogP contribution in [0.15, 0.2) is 17.5 Å². The zero-order valence-electron chi connectivity index (χ0n) is 10.3. The van der Waals surface area contributed by atoms with Crippen LogP contribution in [0.3, 0.4) is 0 Å². The smallest absolute Gasteiger partial charge is 0.0538 e. The molecule has 1 atom stereocenters. The Balaban J connectivity index is 1.65. The summed E-state index contributed by atoms with van der Waals surface area (Å²) in [6, 6.07) is 5.22. The molecule has 1 aromatic heterocycles. The molecule has 0 radical (unpaired) electrons. The van der Waals surface area contributed by atoms with Crippen molar-refractivity contribution < 1.29 is 4.74 Å². The fourth-order valence-electron chi connectivity index (χ4n) is 2.68. The van der Waals surface area contributed by atoms with Gasteiger partial charge in [-0.1, -0.05) is 6.07 Å². The molecule has 0 spiro atoms. The van der Waals surface area contributed by atoms with Crippen LogP contribution in [-0.2, 0) is 11.2 Å². The zero-order chi connectivity index (χ0) is 11.6. The van der Waals surface area contributed by atoms with Crippen molar-refractivity contribution in [2.24, 2.45) is 5.41 Å². The molecule has 2 heterocycles. The van der Waals surface area contributed by atoms with Crippen LogP contribution in [0, 0.1) is 5.41 Å². The first kappa shape index (κ1) is 11.7. The van der Waals surface area contributed by atoms with Gasteiger partial charge in [-0.3, -0.25) is 0 Å². The number of nitrogens with one attached hydrogen (secondary N) is 1. The Morgan fingerprint density at radius 1 is 1.47 bits per heavy atom. The minimum atomic E-state index is 0.353. The first-order valence-electron chi connectivity index (χ1n) is 6.70. The van der Waals surface area contributed by atoms with Crippen molar-refractivity contribution in [1.29, 1.82) is 0 Å². The van der Waals surface area contributed by atoms with E-state index in [4.69, 9.17) is 4.74 Å². The van der Waals surface area contributed by atoms with Crippen LogP contribution >= 0.6 is 11.3 Å². The van der Waals surface area contributed by atoms with Gasteiger partial charge in [0.2, 0.25) is 0 Å². The maximum Gasteiger partial charge on any atom is 0.0538 e. The van der Waals surface area contributed by atoms with Crippen molar-refractivity contribution in [2.45, 2.75) is 38.1 Å². The SMILES string of the molecule is c1csc(CC2(CNC3CC3)CCCOC2)c1. The van der Waals surface area contributed by atoms with Crippen LogP contribution in [0.25, 0.3) is 0 Å². The molecule has 17 heavy (non-hydrogen) atoms. The predicted octanol–water partition coefficient (Wildman–Crippen LogP) is 2.84. The summed E-state index contributed by atoms with van der Waals surface area (Å²) in [5, 5.41) is 5.89. The van der Waals surface area contributed by atoms with E-state index in [1.54, 1.807) is 0 Å². The highest BCUT2D eigenvalue weighted by Gasteiger charge is 2.35. The van der Waals surface area contributed by atoms with Gasteiger partial charge in [0.25, 0.3) is 0 Å². The molecule has 0 amide bonds. The average molecular weight is 251 g/mol. The third-order valence-electron chi connectivity index (χ3n) is 3.88. The number of rotatable bonds is 5. The van der Waals surface area contributed by atoms with Crippen molar-refractivity contribution in [3.8, 4) is 0 Å². The van der Waals surface area contributed by atoms with Crippen LogP contribution < -0.4 is 5.32 Å². The Hall–Kier alpha value is -0.380. The molecule has 94 valence electrons. The van der Waals surface area contributed by atoms with Gasteiger partial charge in [0.15, 0.2) is 0 Å². The Bertz CT molecular complexity index is 339. The molecule has 1 saturated carbocycles. The van der Waals surface area contributed by atoms with Gasteiger partial charge in [-0.05, 0) is 43.6 Å². The molecule has 0 bridgehead atoms. The van der Waals surface area contributed by atoms with Gasteiger partial charge in [0, 0.05) is 29.5 Å². The van der Waals surface area contributed by atoms with Gasteiger partial charge in [-0.25, -0.2) is 0 Å². The lowest BCUT2D eigenvalue weighted by Crippen LogP contribution is -2.43.